The molecule has 2 heterocycles. The minimum atomic E-state index is -0.362. The second-order valence-corrected chi connectivity index (χ2v) is 5.71. The van der Waals surface area contributed by atoms with Crippen LogP contribution in [-0.2, 0) is 11.3 Å². The van der Waals surface area contributed by atoms with Crippen molar-refractivity contribution in [3.63, 3.8) is 0 Å². The minimum Gasteiger partial charge on any atom is -0.465 e. The van der Waals surface area contributed by atoms with Gasteiger partial charge < -0.3 is 9.30 Å². The highest BCUT2D eigenvalue weighted by atomic mass is 16.5. The van der Waals surface area contributed by atoms with Crippen molar-refractivity contribution in [2.75, 3.05) is 7.11 Å². The largest absolute Gasteiger partial charge is 0.465 e. The Balaban J connectivity index is 1.71. The van der Waals surface area contributed by atoms with E-state index in [4.69, 9.17) is 4.74 Å². The monoisotopic (exact) mass is 332 g/mol. The Bertz CT molecular complexity index is 1030. The van der Waals surface area contributed by atoms with Crippen molar-refractivity contribution in [1.29, 1.82) is 0 Å². The molecular formula is C19H16N4O2. The lowest BCUT2D eigenvalue weighted by atomic mass is 10.1. The molecule has 2 aromatic heterocycles. The van der Waals surface area contributed by atoms with E-state index < -0.39 is 0 Å². The summed E-state index contributed by atoms with van der Waals surface area (Å²) in [4.78, 5) is 20.2. The van der Waals surface area contributed by atoms with Crippen LogP contribution in [0.2, 0.25) is 0 Å². The zero-order chi connectivity index (χ0) is 17.2. The predicted molar refractivity (Wildman–Crippen MR) is 93.7 cm³/mol. The van der Waals surface area contributed by atoms with Gasteiger partial charge in [0.2, 0.25) is 0 Å². The van der Waals surface area contributed by atoms with Gasteiger partial charge >= 0.3 is 5.97 Å². The first-order valence-corrected chi connectivity index (χ1v) is 7.85. The molecule has 0 spiro atoms. The molecule has 0 aliphatic rings. The number of fused-ring (bicyclic) bond motifs is 1. The molecule has 0 radical (unpaired) electrons. The first-order valence-electron chi connectivity index (χ1n) is 7.85. The molecule has 4 aromatic rings. The van der Waals surface area contributed by atoms with Crippen LogP contribution < -0.4 is 0 Å². The first kappa shape index (κ1) is 15.1. The summed E-state index contributed by atoms with van der Waals surface area (Å²) in [7, 11) is 1.37. The summed E-state index contributed by atoms with van der Waals surface area (Å²) in [5, 5.41) is 0. The maximum absolute atomic E-state index is 11.7. The van der Waals surface area contributed by atoms with Crippen molar-refractivity contribution in [1.82, 2.24) is 19.1 Å². The third kappa shape index (κ3) is 2.89. The molecule has 0 atom stereocenters. The highest BCUT2D eigenvalue weighted by Crippen LogP contribution is 2.21. The number of methoxy groups -OCH3 is 1. The number of rotatable bonds is 4. The van der Waals surface area contributed by atoms with E-state index in [0.29, 0.717) is 5.56 Å². The summed E-state index contributed by atoms with van der Waals surface area (Å²) in [6.45, 7) is 0.757. The molecule has 0 N–H and O–H groups in total. The van der Waals surface area contributed by atoms with Crippen LogP contribution >= 0.6 is 0 Å². The fourth-order valence-electron chi connectivity index (χ4n) is 2.86. The summed E-state index contributed by atoms with van der Waals surface area (Å²) < 4.78 is 8.79. The van der Waals surface area contributed by atoms with Crippen molar-refractivity contribution >= 4 is 17.0 Å². The lowest BCUT2D eigenvalue weighted by molar-refractivity contribution is 0.0601. The van der Waals surface area contributed by atoms with Gasteiger partial charge in [-0.1, -0.05) is 12.1 Å². The van der Waals surface area contributed by atoms with Gasteiger partial charge in [-0.3, -0.25) is 4.57 Å². The lowest BCUT2D eigenvalue weighted by Gasteiger charge is -2.08. The lowest BCUT2D eigenvalue weighted by Crippen LogP contribution is -2.01. The fourth-order valence-corrected chi connectivity index (χ4v) is 2.86. The van der Waals surface area contributed by atoms with Crippen LogP contribution in [0.15, 0.2) is 67.5 Å². The van der Waals surface area contributed by atoms with E-state index >= 15 is 0 Å². The zero-order valence-electron chi connectivity index (χ0n) is 13.7. The standard InChI is InChI=1S/C19H16N4O2/c1-25-19(24)15-5-6-18-17(10-15)21-13-23(18)16-4-2-3-14(9-16)11-22-8-7-20-12-22/h2-10,12-13H,11H2,1H3. The van der Waals surface area contributed by atoms with Crippen molar-refractivity contribution in [3.05, 3.63) is 78.6 Å². The van der Waals surface area contributed by atoms with E-state index in [1.165, 1.54) is 12.7 Å². The molecule has 6 nitrogen and oxygen atoms in total. The smallest absolute Gasteiger partial charge is 0.337 e. The third-order valence-corrected chi connectivity index (χ3v) is 4.08. The second-order valence-electron chi connectivity index (χ2n) is 5.71. The molecule has 2 aromatic carbocycles. The summed E-state index contributed by atoms with van der Waals surface area (Å²) in [6, 6.07) is 13.6. The Labute approximate surface area is 144 Å². The fraction of sp³-hybridized carbons (Fsp3) is 0.105. The molecule has 0 saturated heterocycles. The molecule has 4 rings (SSSR count). The van der Waals surface area contributed by atoms with Crippen LogP contribution in [0.3, 0.4) is 0 Å². The topological polar surface area (TPSA) is 61.9 Å². The number of benzene rings is 2. The number of nitrogens with zero attached hydrogens (tertiary/aromatic N) is 4. The van der Waals surface area contributed by atoms with Gasteiger partial charge in [-0.15, -0.1) is 0 Å². The first-order chi connectivity index (χ1) is 12.2. The van der Waals surface area contributed by atoms with Crippen LogP contribution in [-0.4, -0.2) is 32.2 Å². The summed E-state index contributed by atoms with van der Waals surface area (Å²) in [6.07, 6.45) is 7.27. The molecule has 124 valence electrons. The Morgan fingerprint density at radius 2 is 2.08 bits per heavy atom. The van der Waals surface area contributed by atoms with Gasteiger partial charge in [0.25, 0.3) is 0 Å². The van der Waals surface area contributed by atoms with E-state index in [1.54, 1.807) is 31.0 Å². The van der Waals surface area contributed by atoms with Gasteiger partial charge in [0.05, 0.1) is 30.0 Å². The van der Waals surface area contributed by atoms with Crippen molar-refractivity contribution in [3.8, 4) is 5.69 Å². The van der Waals surface area contributed by atoms with Crippen LogP contribution in [0, 0.1) is 0 Å². The second kappa shape index (κ2) is 6.24. The third-order valence-electron chi connectivity index (χ3n) is 4.08. The average Bonchev–Trinajstić information content (AvgIpc) is 3.30. The maximum Gasteiger partial charge on any atom is 0.337 e. The molecule has 0 saturated carbocycles. The minimum absolute atomic E-state index is 0.362. The van der Waals surface area contributed by atoms with E-state index in [0.717, 1.165) is 23.3 Å². The Morgan fingerprint density at radius 1 is 1.16 bits per heavy atom. The van der Waals surface area contributed by atoms with E-state index in [9.17, 15) is 4.79 Å². The number of hydrogen-bond donors (Lipinski definition) is 0. The van der Waals surface area contributed by atoms with Crippen molar-refractivity contribution < 1.29 is 9.53 Å². The van der Waals surface area contributed by atoms with Crippen molar-refractivity contribution in [2.24, 2.45) is 0 Å². The Hall–Kier alpha value is -3.41. The van der Waals surface area contributed by atoms with Gasteiger partial charge in [0.1, 0.15) is 6.33 Å². The average molecular weight is 332 g/mol. The molecule has 0 amide bonds. The molecule has 0 bridgehead atoms. The number of esters is 1. The molecule has 0 unspecified atom stereocenters. The quantitative estimate of drug-likeness (QED) is 0.539. The van der Waals surface area contributed by atoms with Gasteiger partial charge in [-0.25, -0.2) is 14.8 Å². The molecule has 25 heavy (non-hydrogen) atoms. The number of carbonyl (C=O) groups excluding carboxylic acids is 1. The number of imidazole rings is 2. The van der Waals surface area contributed by atoms with Gasteiger partial charge in [0, 0.05) is 24.6 Å². The molecule has 0 aliphatic heterocycles. The predicted octanol–water partition coefficient (Wildman–Crippen LogP) is 3.06. The number of ether oxygens (including phenoxy) is 1. The van der Waals surface area contributed by atoms with Gasteiger partial charge in [-0.2, -0.15) is 0 Å². The highest BCUT2D eigenvalue weighted by molar-refractivity contribution is 5.93. The Kier molecular flexibility index (Phi) is 3.78. The van der Waals surface area contributed by atoms with E-state index in [2.05, 4.69) is 22.1 Å². The molecule has 6 heteroatoms. The van der Waals surface area contributed by atoms with Crippen LogP contribution in [0.25, 0.3) is 16.7 Å². The molecule has 0 fully saturated rings. The SMILES string of the molecule is COC(=O)c1ccc2c(c1)ncn2-c1cccc(Cn2ccnc2)c1. The van der Waals surface area contributed by atoms with Crippen LogP contribution in [0.4, 0.5) is 0 Å². The van der Waals surface area contributed by atoms with Gasteiger partial charge in [-0.05, 0) is 35.9 Å². The number of hydrogen-bond acceptors (Lipinski definition) is 4. The zero-order valence-corrected chi connectivity index (χ0v) is 13.7. The summed E-state index contributed by atoms with van der Waals surface area (Å²) in [5.74, 6) is -0.362. The normalized spacial score (nSPS) is 10.9. The van der Waals surface area contributed by atoms with Crippen LogP contribution in [0.1, 0.15) is 15.9 Å². The summed E-state index contributed by atoms with van der Waals surface area (Å²) in [5.41, 5.74) is 4.37. The molecule has 0 aliphatic carbocycles. The summed E-state index contributed by atoms with van der Waals surface area (Å²) >= 11 is 0. The molecular weight excluding hydrogens is 316 g/mol. The maximum atomic E-state index is 11.7. The number of aromatic nitrogens is 4. The van der Waals surface area contributed by atoms with Crippen LogP contribution in [0.5, 0.6) is 0 Å². The van der Waals surface area contributed by atoms with Gasteiger partial charge in [0.15, 0.2) is 0 Å². The van der Waals surface area contributed by atoms with E-state index in [1.807, 2.05) is 33.5 Å². The van der Waals surface area contributed by atoms with E-state index in [-0.39, 0.29) is 5.97 Å². The van der Waals surface area contributed by atoms with Crippen molar-refractivity contribution in [2.45, 2.75) is 6.54 Å². The highest BCUT2D eigenvalue weighted by Gasteiger charge is 2.10. The Morgan fingerprint density at radius 3 is 2.88 bits per heavy atom. The number of carbonyl (C=O) groups is 1.